The van der Waals surface area contributed by atoms with Gasteiger partial charge in [0.2, 0.25) is 0 Å². The molecule has 5 nitrogen and oxygen atoms in total. The van der Waals surface area contributed by atoms with Gasteiger partial charge in [-0.15, -0.1) is 0 Å². The van der Waals surface area contributed by atoms with Gasteiger partial charge in [-0.1, -0.05) is 27.7 Å². The van der Waals surface area contributed by atoms with Crippen molar-refractivity contribution in [1.82, 2.24) is 10.2 Å². The highest BCUT2D eigenvalue weighted by atomic mass is 16.3. The number of nitrogens with zero attached hydrogens (tertiary/aromatic N) is 1. The van der Waals surface area contributed by atoms with E-state index in [4.69, 9.17) is 5.73 Å². The molecule has 1 aliphatic heterocycles. The van der Waals surface area contributed by atoms with Gasteiger partial charge in [-0.25, -0.2) is 4.79 Å². The third kappa shape index (κ3) is 6.09. The molecule has 118 valence electrons. The first-order valence-electron chi connectivity index (χ1n) is 7.67. The second-order valence-electron chi connectivity index (χ2n) is 7.28. The van der Waals surface area contributed by atoms with Crippen LogP contribution in [0.2, 0.25) is 0 Å². The maximum atomic E-state index is 11.5. The molecule has 2 amide bonds. The fourth-order valence-electron chi connectivity index (χ4n) is 2.70. The third-order valence-electron chi connectivity index (χ3n) is 3.85. The second kappa shape index (κ2) is 7.27. The van der Waals surface area contributed by atoms with Crippen LogP contribution in [0, 0.1) is 11.3 Å². The average Bonchev–Trinajstić information content (AvgIpc) is 2.35. The van der Waals surface area contributed by atoms with Crippen LogP contribution >= 0.6 is 0 Å². The van der Waals surface area contributed by atoms with E-state index >= 15 is 0 Å². The Morgan fingerprint density at radius 2 is 2.10 bits per heavy atom. The van der Waals surface area contributed by atoms with Crippen LogP contribution in [0.5, 0.6) is 0 Å². The number of rotatable bonds is 5. The summed E-state index contributed by atoms with van der Waals surface area (Å²) in [7, 11) is 0. The summed E-state index contributed by atoms with van der Waals surface area (Å²) >= 11 is 0. The number of aliphatic hydroxyl groups is 1. The Bertz CT molecular complexity index is 315. The number of primary amides is 1. The number of hydrogen-bond donors (Lipinski definition) is 3. The summed E-state index contributed by atoms with van der Waals surface area (Å²) < 4.78 is 0. The van der Waals surface area contributed by atoms with Crippen molar-refractivity contribution in [1.29, 1.82) is 0 Å². The van der Waals surface area contributed by atoms with E-state index in [1.807, 2.05) is 6.92 Å². The zero-order chi connectivity index (χ0) is 15.3. The molecule has 3 unspecified atom stereocenters. The van der Waals surface area contributed by atoms with Crippen molar-refractivity contribution < 1.29 is 9.90 Å². The first-order chi connectivity index (χ1) is 9.21. The van der Waals surface area contributed by atoms with Crippen molar-refractivity contribution >= 4 is 6.03 Å². The predicted octanol–water partition coefficient (Wildman–Crippen LogP) is 1.55. The fraction of sp³-hybridized carbons (Fsp3) is 0.933. The van der Waals surface area contributed by atoms with Crippen molar-refractivity contribution in [2.24, 2.45) is 17.1 Å². The van der Waals surface area contributed by atoms with E-state index in [9.17, 15) is 9.90 Å². The van der Waals surface area contributed by atoms with Crippen LogP contribution in [0.25, 0.3) is 0 Å². The molecule has 0 aromatic carbocycles. The smallest absolute Gasteiger partial charge is 0.314 e. The normalized spacial score (nSPS) is 25.6. The zero-order valence-electron chi connectivity index (χ0n) is 13.4. The number of nitrogens with one attached hydrogen (secondary N) is 1. The van der Waals surface area contributed by atoms with Gasteiger partial charge in [0.15, 0.2) is 0 Å². The minimum absolute atomic E-state index is 0.216. The monoisotopic (exact) mass is 285 g/mol. The molecule has 0 aromatic rings. The van der Waals surface area contributed by atoms with Crippen molar-refractivity contribution in [3.63, 3.8) is 0 Å². The van der Waals surface area contributed by atoms with Gasteiger partial charge in [-0.3, -0.25) is 0 Å². The Kier molecular flexibility index (Phi) is 6.27. The van der Waals surface area contributed by atoms with Gasteiger partial charge in [0.05, 0.1) is 6.10 Å². The Balaban J connectivity index is 2.58. The first-order valence-corrected chi connectivity index (χ1v) is 7.67. The third-order valence-corrected chi connectivity index (χ3v) is 3.85. The number of amides is 2. The summed E-state index contributed by atoms with van der Waals surface area (Å²) in [6.45, 7) is 10.8. The van der Waals surface area contributed by atoms with Crippen molar-refractivity contribution in [2.45, 2.75) is 59.1 Å². The molecular weight excluding hydrogens is 254 g/mol. The lowest BCUT2D eigenvalue weighted by molar-refractivity contribution is 0.0938. The Morgan fingerprint density at radius 3 is 2.60 bits per heavy atom. The molecule has 1 fully saturated rings. The molecule has 1 aliphatic rings. The van der Waals surface area contributed by atoms with Crippen LogP contribution in [-0.4, -0.2) is 47.8 Å². The molecular formula is C15H31N3O2. The molecule has 0 aliphatic carbocycles. The lowest BCUT2D eigenvalue weighted by atomic mass is 9.88. The van der Waals surface area contributed by atoms with Crippen LogP contribution in [0.1, 0.15) is 47.0 Å². The minimum Gasteiger partial charge on any atom is -0.393 e. The largest absolute Gasteiger partial charge is 0.393 e. The Labute approximate surface area is 122 Å². The van der Waals surface area contributed by atoms with E-state index < -0.39 is 0 Å². The Morgan fingerprint density at radius 1 is 1.45 bits per heavy atom. The van der Waals surface area contributed by atoms with Crippen molar-refractivity contribution in [3.05, 3.63) is 0 Å². The molecule has 0 radical (unpaired) electrons. The molecule has 20 heavy (non-hydrogen) atoms. The van der Waals surface area contributed by atoms with Gasteiger partial charge in [0, 0.05) is 25.7 Å². The summed E-state index contributed by atoms with van der Waals surface area (Å²) in [6, 6.07) is -0.0900. The lowest BCUT2D eigenvalue weighted by Gasteiger charge is -2.39. The summed E-state index contributed by atoms with van der Waals surface area (Å²) in [6.07, 6.45) is 2.22. The number of carbonyl (C=O) groups is 1. The molecule has 5 heteroatoms. The second-order valence-corrected chi connectivity index (χ2v) is 7.28. The van der Waals surface area contributed by atoms with Crippen molar-refractivity contribution in [2.75, 3.05) is 19.6 Å². The zero-order valence-corrected chi connectivity index (χ0v) is 13.4. The van der Waals surface area contributed by atoms with Gasteiger partial charge >= 0.3 is 6.03 Å². The number of piperidine rings is 1. The molecule has 1 rings (SSSR count). The topological polar surface area (TPSA) is 78.6 Å². The molecule has 0 spiro atoms. The van der Waals surface area contributed by atoms with Gasteiger partial charge in [-0.2, -0.15) is 0 Å². The van der Waals surface area contributed by atoms with Gasteiger partial charge in [0.1, 0.15) is 0 Å². The minimum atomic E-state index is -0.358. The average molecular weight is 285 g/mol. The molecule has 3 atom stereocenters. The maximum Gasteiger partial charge on any atom is 0.314 e. The van der Waals surface area contributed by atoms with Gasteiger partial charge in [0.25, 0.3) is 0 Å². The number of carbonyl (C=O) groups excluding carboxylic acids is 1. The van der Waals surface area contributed by atoms with Crippen LogP contribution in [0.4, 0.5) is 4.79 Å². The highest BCUT2D eigenvalue weighted by Gasteiger charge is 2.30. The number of nitrogens with two attached hydrogens (primary N) is 1. The maximum absolute atomic E-state index is 11.5. The highest BCUT2D eigenvalue weighted by molar-refractivity contribution is 5.72. The SMILES string of the molecule is CCC(O)CC1CC(NCC(C)(C)C)CN(C(N)=O)C1. The molecule has 1 saturated heterocycles. The standard InChI is InChI=1S/C15H31N3O2/c1-5-13(19)7-11-6-12(17-10-15(2,3)4)9-18(8-11)14(16)20/h11-13,17,19H,5-10H2,1-4H3,(H2,16,20). The summed E-state index contributed by atoms with van der Waals surface area (Å²) in [5, 5.41) is 13.4. The van der Waals surface area contributed by atoms with Crippen LogP contribution in [0.15, 0.2) is 0 Å². The highest BCUT2D eigenvalue weighted by Crippen LogP contribution is 2.23. The van der Waals surface area contributed by atoms with E-state index in [0.29, 0.717) is 19.0 Å². The van der Waals surface area contributed by atoms with E-state index in [1.54, 1.807) is 4.90 Å². The summed E-state index contributed by atoms with van der Waals surface area (Å²) in [5.41, 5.74) is 5.65. The van der Waals surface area contributed by atoms with E-state index in [-0.39, 0.29) is 23.6 Å². The van der Waals surface area contributed by atoms with E-state index in [2.05, 4.69) is 26.1 Å². The van der Waals surface area contributed by atoms with Crippen LogP contribution < -0.4 is 11.1 Å². The first kappa shape index (κ1) is 17.2. The van der Waals surface area contributed by atoms with Crippen LogP contribution in [-0.2, 0) is 0 Å². The molecule has 0 saturated carbocycles. The van der Waals surface area contributed by atoms with E-state index in [1.165, 1.54) is 0 Å². The van der Waals surface area contributed by atoms with Gasteiger partial charge in [-0.05, 0) is 30.6 Å². The molecule has 0 aromatic heterocycles. The number of hydrogen-bond acceptors (Lipinski definition) is 3. The number of likely N-dealkylation sites (tertiary alicyclic amines) is 1. The van der Waals surface area contributed by atoms with E-state index in [0.717, 1.165) is 25.8 Å². The lowest BCUT2D eigenvalue weighted by Crippen LogP contribution is -2.54. The predicted molar refractivity (Wildman–Crippen MR) is 81.4 cm³/mol. The molecule has 4 N–H and O–H groups in total. The van der Waals surface area contributed by atoms with Gasteiger partial charge < -0.3 is 21.1 Å². The van der Waals surface area contributed by atoms with Crippen molar-refractivity contribution in [3.8, 4) is 0 Å². The fourth-order valence-corrected chi connectivity index (χ4v) is 2.70. The summed E-state index contributed by atoms with van der Waals surface area (Å²) in [5.74, 6) is 0.323. The molecule has 0 bridgehead atoms. The van der Waals surface area contributed by atoms with Crippen LogP contribution in [0.3, 0.4) is 0 Å². The number of urea groups is 1. The quantitative estimate of drug-likeness (QED) is 0.717. The molecule has 1 heterocycles. The summed E-state index contributed by atoms with van der Waals surface area (Å²) in [4.78, 5) is 13.2. The Hall–Kier alpha value is -0.810. The number of aliphatic hydroxyl groups excluding tert-OH is 1.